The van der Waals surface area contributed by atoms with Crippen molar-refractivity contribution in [2.24, 2.45) is 0 Å². The number of fused-ring (bicyclic) bond motifs is 2. The molecule has 3 aromatic rings. The van der Waals surface area contributed by atoms with Crippen molar-refractivity contribution >= 4 is 11.8 Å². The summed E-state index contributed by atoms with van der Waals surface area (Å²) in [4.78, 5) is 28.0. The number of hydrogen-bond acceptors (Lipinski definition) is 5. The molecule has 2 aliphatic heterocycles. The van der Waals surface area contributed by atoms with Crippen LogP contribution in [0.1, 0.15) is 49.9 Å². The molecule has 3 N–H and O–H groups in total. The summed E-state index contributed by atoms with van der Waals surface area (Å²) in [6.07, 6.45) is 0.524. The first-order chi connectivity index (χ1) is 18.4. The predicted octanol–water partition coefficient (Wildman–Crippen LogP) is 3.23. The molecule has 0 radical (unpaired) electrons. The van der Waals surface area contributed by atoms with Gasteiger partial charge in [0.2, 0.25) is 0 Å². The number of aliphatic hydroxyl groups is 1. The van der Waals surface area contributed by atoms with Crippen LogP contribution in [0.2, 0.25) is 0 Å². The van der Waals surface area contributed by atoms with Crippen LogP contribution in [-0.2, 0) is 25.9 Å². The lowest BCUT2D eigenvalue weighted by atomic mass is 9.93. The van der Waals surface area contributed by atoms with Gasteiger partial charge in [-0.05, 0) is 66.3 Å². The smallest absolute Gasteiger partial charge is 0.255 e. The van der Waals surface area contributed by atoms with E-state index >= 15 is 0 Å². The van der Waals surface area contributed by atoms with Crippen LogP contribution in [0.15, 0.2) is 60.7 Å². The molecule has 8 heteroatoms. The highest BCUT2D eigenvalue weighted by Gasteiger charge is 2.31. The molecule has 0 fully saturated rings. The second-order valence-electron chi connectivity index (χ2n) is 9.78. The SMILES string of the molecule is CCOc1cc2c(cc1C(=O)NCC(O)[C@@H]1Cc3ccccc3CN1)CN(CCc1ccc(F)cc1)C2=O. The van der Waals surface area contributed by atoms with Crippen LogP contribution in [0.4, 0.5) is 4.39 Å². The fourth-order valence-electron chi connectivity index (χ4n) is 5.14. The maximum absolute atomic E-state index is 13.2. The number of hydrogen-bond donors (Lipinski definition) is 3. The van der Waals surface area contributed by atoms with Gasteiger partial charge in [0.25, 0.3) is 11.8 Å². The van der Waals surface area contributed by atoms with Crippen molar-refractivity contribution in [3.05, 3.63) is 99.9 Å². The maximum Gasteiger partial charge on any atom is 0.255 e. The third kappa shape index (κ3) is 5.56. The van der Waals surface area contributed by atoms with E-state index in [-0.39, 0.29) is 30.2 Å². The fourth-order valence-corrected chi connectivity index (χ4v) is 5.14. The monoisotopic (exact) mass is 517 g/mol. The summed E-state index contributed by atoms with van der Waals surface area (Å²) in [5, 5.41) is 17.0. The highest BCUT2D eigenvalue weighted by atomic mass is 19.1. The van der Waals surface area contributed by atoms with E-state index in [1.54, 1.807) is 29.2 Å². The van der Waals surface area contributed by atoms with Gasteiger partial charge in [-0.15, -0.1) is 0 Å². The molecule has 3 aromatic carbocycles. The Balaban J connectivity index is 1.24. The Hall–Kier alpha value is -3.75. The fraction of sp³-hybridized carbons (Fsp3) is 0.333. The van der Waals surface area contributed by atoms with Crippen LogP contribution in [0.3, 0.4) is 0 Å². The first-order valence-electron chi connectivity index (χ1n) is 13.0. The quantitative estimate of drug-likeness (QED) is 0.406. The average Bonchev–Trinajstić information content (AvgIpc) is 3.24. The molecule has 0 spiro atoms. The van der Waals surface area contributed by atoms with E-state index < -0.39 is 6.10 Å². The zero-order valence-electron chi connectivity index (χ0n) is 21.4. The number of benzene rings is 3. The molecule has 0 bridgehead atoms. The van der Waals surface area contributed by atoms with Gasteiger partial charge in [-0.25, -0.2) is 4.39 Å². The van der Waals surface area contributed by atoms with Gasteiger partial charge in [-0.1, -0.05) is 36.4 Å². The van der Waals surface area contributed by atoms with Crippen molar-refractivity contribution in [1.82, 2.24) is 15.5 Å². The molecule has 7 nitrogen and oxygen atoms in total. The van der Waals surface area contributed by atoms with Gasteiger partial charge in [0.15, 0.2) is 0 Å². The lowest BCUT2D eigenvalue weighted by Crippen LogP contribution is -2.49. The maximum atomic E-state index is 13.2. The van der Waals surface area contributed by atoms with Crippen LogP contribution >= 0.6 is 0 Å². The number of aliphatic hydroxyl groups excluding tert-OH is 1. The van der Waals surface area contributed by atoms with Gasteiger partial charge < -0.3 is 25.4 Å². The third-order valence-electron chi connectivity index (χ3n) is 7.26. The van der Waals surface area contributed by atoms with Crippen molar-refractivity contribution in [3.63, 3.8) is 0 Å². The molecule has 5 rings (SSSR count). The zero-order valence-corrected chi connectivity index (χ0v) is 21.4. The van der Waals surface area contributed by atoms with Gasteiger partial charge in [0.05, 0.1) is 18.3 Å². The number of nitrogens with one attached hydrogen (secondary N) is 2. The van der Waals surface area contributed by atoms with Crippen LogP contribution in [0.5, 0.6) is 5.75 Å². The number of rotatable bonds is 9. The summed E-state index contributed by atoms with van der Waals surface area (Å²) in [5.74, 6) is -0.421. The Morgan fingerprint density at radius 1 is 1.16 bits per heavy atom. The minimum Gasteiger partial charge on any atom is -0.493 e. The van der Waals surface area contributed by atoms with Gasteiger partial charge >= 0.3 is 0 Å². The van der Waals surface area contributed by atoms with Crippen molar-refractivity contribution in [2.45, 2.75) is 45.0 Å². The molecule has 0 aliphatic carbocycles. The highest BCUT2D eigenvalue weighted by Crippen LogP contribution is 2.31. The van der Waals surface area contributed by atoms with E-state index in [1.165, 1.54) is 23.3 Å². The number of carbonyl (C=O) groups excluding carboxylic acids is 2. The Kier molecular flexibility index (Phi) is 7.72. The lowest BCUT2D eigenvalue weighted by Gasteiger charge is -2.30. The van der Waals surface area contributed by atoms with E-state index in [0.717, 1.165) is 11.1 Å². The number of ether oxygens (including phenoxy) is 1. The molecule has 2 heterocycles. The Bertz CT molecular complexity index is 1330. The minimum atomic E-state index is -0.763. The molecule has 38 heavy (non-hydrogen) atoms. The van der Waals surface area contributed by atoms with Gasteiger partial charge in [-0.2, -0.15) is 0 Å². The number of nitrogens with zero attached hydrogens (tertiary/aromatic N) is 1. The first-order valence-corrected chi connectivity index (χ1v) is 13.0. The molecular weight excluding hydrogens is 485 g/mol. The van der Waals surface area contributed by atoms with E-state index in [4.69, 9.17) is 4.74 Å². The van der Waals surface area contributed by atoms with Crippen LogP contribution in [-0.4, -0.2) is 53.7 Å². The highest BCUT2D eigenvalue weighted by molar-refractivity contribution is 6.03. The molecule has 2 atom stereocenters. The minimum absolute atomic E-state index is 0.0873. The van der Waals surface area contributed by atoms with Crippen LogP contribution in [0.25, 0.3) is 0 Å². The molecule has 0 saturated carbocycles. The summed E-state index contributed by atoms with van der Waals surface area (Å²) >= 11 is 0. The van der Waals surface area contributed by atoms with Crippen molar-refractivity contribution < 1.29 is 23.8 Å². The van der Waals surface area contributed by atoms with E-state index in [9.17, 15) is 19.1 Å². The van der Waals surface area contributed by atoms with Crippen LogP contribution in [0, 0.1) is 5.82 Å². The number of amides is 2. The summed E-state index contributed by atoms with van der Waals surface area (Å²) < 4.78 is 18.9. The largest absolute Gasteiger partial charge is 0.493 e. The Morgan fingerprint density at radius 3 is 2.68 bits per heavy atom. The first kappa shape index (κ1) is 25.9. The molecule has 0 aromatic heterocycles. The van der Waals surface area contributed by atoms with Crippen LogP contribution < -0.4 is 15.4 Å². The van der Waals surface area contributed by atoms with E-state index in [1.807, 2.05) is 19.1 Å². The summed E-state index contributed by atoms with van der Waals surface area (Å²) in [6, 6.07) is 17.6. The number of carbonyl (C=O) groups is 2. The molecule has 2 aliphatic rings. The van der Waals surface area contributed by atoms with Crippen molar-refractivity contribution in [2.75, 3.05) is 19.7 Å². The molecule has 2 amide bonds. The van der Waals surface area contributed by atoms with E-state index in [2.05, 4.69) is 22.8 Å². The molecule has 0 saturated heterocycles. The average molecular weight is 518 g/mol. The molecule has 198 valence electrons. The van der Waals surface area contributed by atoms with Crippen molar-refractivity contribution in [1.29, 1.82) is 0 Å². The van der Waals surface area contributed by atoms with Crippen molar-refractivity contribution in [3.8, 4) is 5.75 Å². The lowest BCUT2D eigenvalue weighted by molar-refractivity contribution is 0.0779. The standard InChI is InChI=1S/C30H32FN3O4/c1-2-38-28-15-24-22(18-34(30(24)37)12-11-19-7-9-23(31)10-8-19)13-25(28)29(36)33-17-27(35)26-14-20-5-3-4-6-21(20)16-32-26/h3-10,13,15,26-27,32,35H,2,11-12,14,16-18H2,1H3,(H,33,36)/t26-,27?/m0/s1. The zero-order chi connectivity index (χ0) is 26.6. The summed E-state index contributed by atoms with van der Waals surface area (Å²) in [6.45, 7) is 3.79. The Labute approximate surface area is 221 Å². The molecule has 1 unspecified atom stereocenters. The van der Waals surface area contributed by atoms with E-state index in [0.29, 0.717) is 56.0 Å². The summed E-state index contributed by atoms with van der Waals surface area (Å²) in [5.41, 5.74) is 4.99. The van der Waals surface area contributed by atoms with Gasteiger partial charge in [0.1, 0.15) is 11.6 Å². The second-order valence-corrected chi connectivity index (χ2v) is 9.78. The summed E-state index contributed by atoms with van der Waals surface area (Å²) in [7, 11) is 0. The Morgan fingerprint density at radius 2 is 1.92 bits per heavy atom. The molecular formula is C30H32FN3O4. The topological polar surface area (TPSA) is 90.9 Å². The predicted molar refractivity (Wildman–Crippen MR) is 142 cm³/mol. The van der Waals surface area contributed by atoms with Gasteiger partial charge in [0, 0.05) is 37.8 Å². The second kappa shape index (κ2) is 11.3. The third-order valence-corrected chi connectivity index (χ3v) is 7.26. The number of halogens is 1. The normalized spacial score (nSPS) is 17.1. The van der Waals surface area contributed by atoms with Gasteiger partial charge in [-0.3, -0.25) is 9.59 Å².